The van der Waals surface area contributed by atoms with Gasteiger partial charge >= 0.3 is 15.6 Å². The van der Waals surface area contributed by atoms with E-state index in [4.69, 9.17) is 20.3 Å². The molecule has 1 fully saturated rings. The molecular weight excluding hydrogens is 414 g/mol. The molecule has 0 aromatic carbocycles. The van der Waals surface area contributed by atoms with Crippen LogP contribution in [0.2, 0.25) is 0 Å². The molecule has 0 aliphatic carbocycles. The number of phosphoric ester groups is 1. The molecule has 3 atom stereocenters. The van der Waals surface area contributed by atoms with Crippen LogP contribution < -0.4 is 5.73 Å². The number of allylic oxidation sites excluding steroid dienone is 1. The van der Waals surface area contributed by atoms with E-state index in [1.165, 1.54) is 0 Å². The van der Waals surface area contributed by atoms with Crippen molar-refractivity contribution < 1.29 is 37.4 Å². The molecule has 0 spiro atoms. The molecule has 0 aromatic rings. The molecule has 5 N–H and O–H groups in total. The van der Waals surface area contributed by atoms with Gasteiger partial charge < -0.3 is 25.2 Å². The van der Waals surface area contributed by atoms with Crippen LogP contribution in [0.25, 0.3) is 0 Å². The van der Waals surface area contributed by atoms with Gasteiger partial charge in [-0.15, -0.1) is 0 Å². The zero-order valence-electron chi connectivity index (χ0n) is 15.8. The lowest BCUT2D eigenvalue weighted by atomic mass is 10.2. The van der Waals surface area contributed by atoms with E-state index in [0.717, 1.165) is 0 Å². The van der Waals surface area contributed by atoms with Crippen molar-refractivity contribution in [1.82, 2.24) is 0 Å². The molecule has 0 saturated carbocycles. The van der Waals surface area contributed by atoms with Crippen molar-refractivity contribution in [2.24, 2.45) is 20.7 Å². The van der Waals surface area contributed by atoms with Gasteiger partial charge in [-0.3, -0.25) is 14.5 Å². The first-order valence-corrected chi connectivity index (χ1v) is 11.4. The summed E-state index contributed by atoms with van der Waals surface area (Å²) in [5.41, 5.74) is 6.75. The molecule has 0 radical (unpaired) electrons. The second-order valence-electron chi connectivity index (χ2n) is 5.76. The predicted molar refractivity (Wildman–Crippen MR) is 104 cm³/mol. The Bertz CT molecular complexity index is 742. The molecular formula is C14H26N4O8P2. The van der Waals surface area contributed by atoms with Gasteiger partial charge in [0, 0.05) is 18.1 Å². The fourth-order valence-corrected chi connectivity index (χ4v) is 3.94. The SMILES string of the molecule is CC=NC(=NC[C@H]1CCC(COP(=O)(O)OP(=O)(O)O)O1)C(N=CC)=C(C)N. The van der Waals surface area contributed by atoms with Crippen LogP contribution >= 0.6 is 15.6 Å². The highest BCUT2D eigenvalue weighted by Gasteiger charge is 2.34. The van der Waals surface area contributed by atoms with Gasteiger partial charge in [-0.25, -0.2) is 14.1 Å². The number of hydrogen-bond acceptors (Lipinski definition) is 8. The van der Waals surface area contributed by atoms with Gasteiger partial charge in [0.25, 0.3) is 0 Å². The number of phosphoric acid groups is 2. The van der Waals surface area contributed by atoms with Crippen LogP contribution in [0.15, 0.2) is 26.4 Å². The maximum Gasteiger partial charge on any atom is 0.481 e. The standard InChI is InChI=1S/C14H26N4O8P2/c1-4-16-13(10(3)15)14(17-5-2)18-8-11-6-7-12(25-11)9-24-28(22,23)26-27(19,20)21/h4-5,11-12H,6-9,15H2,1-3H3,(H,22,23)(H2,19,20,21)/t11-,12?/m1/s1. The Balaban J connectivity index is 2.66. The van der Waals surface area contributed by atoms with Gasteiger partial charge in [0.2, 0.25) is 0 Å². The quantitative estimate of drug-likeness (QED) is 0.234. The minimum atomic E-state index is -5.15. The number of rotatable bonds is 9. The van der Waals surface area contributed by atoms with Crippen molar-refractivity contribution in [1.29, 1.82) is 0 Å². The molecule has 1 saturated heterocycles. The van der Waals surface area contributed by atoms with E-state index in [1.807, 2.05) is 0 Å². The molecule has 1 aliphatic rings. The molecule has 1 aliphatic heterocycles. The van der Waals surface area contributed by atoms with E-state index >= 15 is 0 Å². The third kappa shape index (κ3) is 9.31. The Labute approximate surface area is 163 Å². The van der Waals surface area contributed by atoms with Gasteiger partial charge in [-0.2, -0.15) is 4.31 Å². The maximum atomic E-state index is 11.5. The summed E-state index contributed by atoms with van der Waals surface area (Å²) in [6.07, 6.45) is 3.43. The molecule has 1 heterocycles. The van der Waals surface area contributed by atoms with Crippen LogP contribution in [0.3, 0.4) is 0 Å². The summed E-state index contributed by atoms with van der Waals surface area (Å²) >= 11 is 0. The van der Waals surface area contributed by atoms with Crippen LogP contribution in [0.5, 0.6) is 0 Å². The van der Waals surface area contributed by atoms with Gasteiger partial charge in [0.05, 0.1) is 25.4 Å². The largest absolute Gasteiger partial charge is 0.481 e. The highest BCUT2D eigenvalue weighted by molar-refractivity contribution is 7.60. The Hall–Kier alpha value is -1.23. The fourth-order valence-electron chi connectivity index (χ4n) is 2.32. The van der Waals surface area contributed by atoms with Gasteiger partial charge in [0.15, 0.2) is 5.84 Å². The Kier molecular flexibility index (Phi) is 9.82. The molecule has 28 heavy (non-hydrogen) atoms. The van der Waals surface area contributed by atoms with E-state index in [9.17, 15) is 14.0 Å². The van der Waals surface area contributed by atoms with Crippen LogP contribution in [-0.2, 0) is 22.7 Å². The third-order valence-corrected chi connectivity index (χ3v) is 5.52. The van der Waals surface area contributed by atoms with Crippen LogP contribution in [0, 0.1) is 0 Å². The highest BCUT2D eigenvalue weighted by atomic mass is 31.3. The summed E-state index contributed by atoms with van der Waals surface area (Å²) in [4.78, 5) is 39.2. The number of nitrogens with zero attached hydrogens (tertiary/aromatic N) is 3. The van der Waals surface area contributed by atoms with Crippen LogP contribution in [0.4, 0.5) is 0 Å². The zero-order chi connectivity index (χ0) is 21.4. The second kappa shape index (κ2) is 11.1. The Morgan fingerprint density at radius 1 is 1.18 bits per heavy atom. The van der Waals surface area contributed by atoms with E-state index in [1.54, 1.807) is 33.2 Å². The minimum absolute atomic E-state index is 0.259. The van der Waals surface area contributed by atoms with Gasteiger partial charge in [-0.1, -0.05) is 0 Å². The molecule has 2 unspecified atom stereocenters. The summed E-state index contributed by atoms with van der Waals surface area (Å²) in [5, 5.41) is 0. The van der Waals surface area contributed by atoms with E-state index in [2.05, 4.69) is 23.8 Å². The minimum Gasteiger partial charge on any atom is -0.400 e. The van der Waals surface area contributed by atoms with E-state index < -0.39 is 21.7 Å². The van der Waals surface area contributed by atoms with E-state index in [-0.39, 0.29) is 19.3 Å². The molecule has 1 rings (SSSR count). The molecule has 0 aromatic heterocycles. The van der Waals surface area contributed by atoms with Gasteiger partial charge in [-0.05, 0) is 33.6 Å². The lowest BCUT2D eigenvalue weighted by Crippen LogP contribution is -2.19. The maximum absolute atomic E-state index is 11.5. The first kappa shape index (κ1) is 24.8. The number of aliphatic imine (C=N–C) groups is 3. The topological polar surface area (TPSA) is 186 Å². The summed E-state index contributed by atoms with van der Waals surface area (Å²) in [7, 11) is -10.0. The van der Waals surface area contributed by atoms with Crippen molar-refractivity contribution in [3.05, 3.63) is 11.4 Å². The summed E-state index contributed by atoms with van der Waals surface area (Å²) in [5.74, 6) is 0.360. The molecule has 0 amide bonds. The summed E-state index contributed by atoms with van der Waals surface area (Å²) in [6.45, 7) is 5.07. The van der Waals surface area contributed by atoms with Crippen molar-refractivity contribution in [2.45, 2.75) is 45.8 Å². The molecule has 160 valence electrons. The van der Waals surface area contributed by atoms with Gasteiger partial charge in [0.1, 0.15) is 5.70 Å². The zero-order valence-corrected chi connectivity index (χ0v) is 17.6. The first-order valence-electron chi connectivity index (χ1n) is 8.35. The van der Waals surface area contributed by atoms with Crippen LogP contribution in [0.1, 0.15) is 33.6 Å². The monoisotopic (exact) mass is 440 g/mol. The molecule has 0 bridgehead atoms. The number of amidine groups is 1. The first-order chi connectivity index (χ1) is 13.0. The molecule has 14 heteroatoms. The van der Waals surface area contributed by atoms with Crippen molar-refractivity contribution in [3.8, 4) is 0 Å². The fraction of sp³-hybridized carbons (Fsp3) is 0.643. The summed E-state index contributed by atoms with van der Waals surface area (Å²) < 4.78 is 36.0. The second-order valence-corrected chi connectivity index (χ2v) is 8.59. The van der Waals surface area contributed by atoms with Crippen molar-refractivity contribution in [3.63, 3.8) is 0 Å². The number of hydrogen-bond donors (Lipinski definition) is 4. The number of ether oxygens (including phenoxy) is 1. The lowest BCUT2D eigenvalue weighted by molar-refractivity contribution is 0.0148. The Morgan fingerprint density at radius 3 is 2.32 bits per heavy atom. The third-order valence-electron chi connectivity index (χ3n) is 3.37. The highest BCUT2D eigenvalue weighted by Crippen LogP contribution is 2.57. The van der Waals surface area contributed by atoms with Crippen molar-refractivity contribution in [2.75, 3.05) is 13.2 Å². The smallest absolute Gasteiger partial charge is 0.400 e. The Morgan fingerprint density at radius 2 is 1.79 bits per heavy atom. The normalized spacial score (nSPS) is 24.7. The van der Waals surface area contributed by atoms with Crippen molar-refractivity contribution >= 4 is 33.9 Å². The lowest BCUT2D eigenvalue weighted by Gasteiger charge is -2.16. The average molecular weight is 440 g/mol. The van der Waals surface area contributed by atoms with Crippen LogP contribution in [-0.4, -0.2) is 58.3 Å². The van der Waals surface area contributed by atoms with E-state index in [0.29, 0.717) is 30.1 Å². The average Bonchev–Trinajstić information content (AvgIpc) is 3.00. The summed E-state index contributed by atoms with van der Waals surface area (Å²) in [6, 6.07) is 0. The predicted octanol–water partition coefficient (Wildman–Crippen LogP) is 1.53. The number of nitrogens with two attached hydrogens (primary N) is 1. The molecule has 12 nitrogen and oxygen atoms in total.